The largest absolute Gasteiger partial charge is 3.00 e. The molecule has 0 aromatic carbocycles. The summed E-state index contributed by atoms with van der Waals surface area (Å²) in [6.07, 6.45) is -7.00. The van der Waals surface area contributed by atoms with E-state index in [1.54, 1.807) is 0 Å². The van der Waals surface area contributed by atoms with Gasteiger partial charge >= 0.3 is 82.6 Å². The van der Waals surface area contributed by atoms with E-state index in [1.807, 2.05) is 0 Å². The Balaban J connectivity index is -0.00000000409. The Bertz CT molecular complexity index is 119. The molecule has 0 amide bonds. The smallest absolute Gasteiger partial charge is 0.652 e. The molecule has 136 valence electrons. The number of carbonyl (C=O) groups excluding carboxylic acids is 3. The summed E-state index contributed by atoms with van der Waals surface area (Å²) in [6.45, 7) is 0. The Morgan fingerprint density at radius 2 is 0.364 bits per heavy atom. The van der Waals surface area contributed by atoms with Crippen molar-refractivity contribution >= 4 is 18.5 Å². The van der Waals surface area contributed by atoms with Crippen LogP contribution in [0, 0.1) is 82.6 Å². The molecule has 0 atom stereocenters. The first-order valence-corrected chi connectivity index (χ1v) is 1.84. The third-order valence-corrected chi connectivity index (χ3v) is 0. The van der Waals surface area contributed by atoms with Gasteiger partial charge in [0.1, 0.15) is 0 Å². The minimum atomic E-state index is -2.33. The van der Waals surface area contributed by atoms with E-state index in [9.17, 15) is 0 Å². The van der Waals surface area contributed by atoms with Gasteiger partial charge in [-0.2, -0.15) is 0 Å². The van der Waals surface area contributed by atoms with Gasteiger partial charge in [-0.1, -0.05) is 0 Å². The van der Waals surface area contributed by atoms with Gasteiger partial charge in [0, 0.05) is 0 Å². The third-order valence-electron chi connectivity index (χ3n) is 0. The van der Waals surface area contributed by atoms with Gasteiger partial charge in [0.25, 0.3) is 0 Å². The molecule has 0 saturated carbocycles. The topological polar surface area (TPSA) is 442 Å². The molecule has 0 unspecified atom stereocenters. The second kappa shape index (κ2) is 102. The Kier molecular flexibility index (Phi) is 546. The zero-order valence-corrected chi connectivity index (χ0v) is 17.7. The average molecular weight is 606 g/mol. The molecule has 0 aromatic heterocycles. The number of rotatable bonds is 0. The summed E-state index contributed by atoms with van der Waals surface area (Å²) in [5, 5.41) is 50.0. The summed E-state index contributed by atoms with van der Waals surface area (Å²) in [4.78, 5) is 25.0. The molecule has 16 N–H and O–H groups in total. The van der Waals surface area contributed by atoms with Gasteiger partial charge in [-0.25, -0.2) is 0 Å². The van der Waals surface area contributed by atoms with Crippen LogP contribution in [0.15, 0.2) is 0 Å². The van der Waals surface area contributed by atoms with Crippen molar-refractivity contribution < 1.29 is 171 Å². The Morgan fingerprint density at radius 3 is 0.364 bits per heavy atom. The molecule has 0 fully saturated rings. The van der Waals surface area contributed by atoms with Crippen LogP contribution in [0.3, 0.4) is 0 Å². The van der Waals surface area contributed by atoms with Crippen LogP contribution in [0.4, 0.5) is 14.4 Å². The first kappa shape index (κ1) is 118. The quantitative estimate of drug-likeness (QED) is 0.252. The molecule has 0 spiro atoms. The van der Waals surface area contributed by atoms with E-state index in [2.05, 4.69) is 0 Å². The van der Waals surface area contributed by atoms with Gasteiger partial charge in [0.2, 0.25) is 0 Å². The van der Waals surface area contributed by atoms with Crippen LogP contribution < -0.4 is 30.6 Å². The van der Waals surface area contributed by atoms with Crippen molar-refractivity contribution in [1.29, 1.82) is 0 Å². The van der Waals surface area contributed by atoms with Crippen molar-refractivity contribution in [3.63, 3.8) is 0 Å². The molecule has 0 aliphatic carbocycles. The van der Waals surface area contributed by atoms with Crippen LogP contribution in [0.1, 0.15) is 0 Å². The molecule has 0 aliphatic heterocycles. The van der Waals surface area contributed by atoms with Gasteiger partial charge < -0.3 is 88.8 Å². The van der Waals surface area contributed by atoms with E-state index in [1.165, 1.54) is 0 Å². The Hall–Kier alpha value is 0.217. The summed E-state index contributed by atoms with van der Waals surface area (Å²) in [5.41, 5.74) is 0. The van der Waals surface area contributed by atoms with Crippen molar-refractivity contribution in [1.82, 2.24) is 0 Å². The maximum Gasteiger partial charge on any atom is 3.00 e. The predicted molar refractivity (Wildman–Crippen MR) is 45.1 cm³/mol. The predicted octanol–water partition coefficient (Wildman–Crippen LogP) is -13.9. The first-order valence-electron chi connectivity index (χ1n) is 1.84. The van der Waals surface area contributed by atoms with Crippen LogP contribution in [-0.2, 0) is 0 Å². The summed E-state index contributed by atoms with van der Waals surface area (Å²) in [5.74, 6) is 0. The van der Waals surface area contributed by atoms with Crippen LogP contribution in [0.25, 0.3) is 0 Å². The van der Waals surface area contributed by atoms with Crippen molar-refractivity contribution in [2.75, 3.05) is 0 Å². The van der Waals surface area contributed by atoms with Crippen LogP contribution in [-0.4, -0.2) is 62.3 Å². The summed E-state index contributed by atoms with van der Waals surface area (Å²) >= 11 is 0. The second-order valence-electron chi connectivity index (χ2n) is 0.750. The minimum Gasteiger partial charge on any atom is -0.652 e. The molecular weight excluding hydrogens is 590 g/mol. The molecule has 22 heavy (non-hydrogen) atoms. The molecular formula is C3H16O17Pr2. The van der Waals surface area contributed by atoms with E-state index in [-0.39, 0.29) is 126 Å². The van der Waals surface area contributed by atoms with E-state index in [0.29, 0.717) is 0 Å². The molecule has 0 saturated heterocycles. The van der Waals surface area contributed by atoms with Crippen molar-refractivity contribution in [3.8, 4) is 0 Å². The van der Waals surface area contributed by atoms with Gasteiger partial charge in [-0.3, -0.25) is 0 Å². The summed E-state index contributed by atoms with van der Waals surface area (Å²) in [7, 11) is 0. The summed E-state index contributed by atoms with van der Waals surface area (Å²) < 4.78 is 0. The van der Waals surface area contributed by atoms with E-state index in [4.69, 9.17) is 45.0 Å². The second-order valence-corrected chi connectivity index (χ2v) is 0.750. The fourth-order valence-corrected chi connectivity index (χ4v) is 0. The minimum absolute atomic E-state index is 0. The fraction of sp³-hybridized carbons (Fsp3) is 0. The molecule has 0 aromatic rings. The standard InChI is InChI=1S/3CH2O3.8H2O.2Pr/c3*2-1(3)4;;;;;;;;;;/h3*(H2,2,3,4);8*1H2;;/q;;;;;;;;;;;2*+3/p-6. The monoisotopic (exact) mass is 606 g/mol. The number of hydrogen-bond acceptors (Lipinski definition) is 9. The average Bonchev–Trinajstić information content (AvgIpc) is 1.54. The Labute approximate surface area is 187 Å². The van der Waals surface area contributed by atoms with Gasteiger partial charge in [-0.15, -0.1) is 0 Å². The molecule has 0 rings (SSSR count). The van der Waals surface area contributed by atoms with E-state index < -0.39 is 18.5 Å². The SMILES string of the molecule is O.O.O.O.O.O.O.O.O=C([O-])[O-].O=C([O-])[O-].O=C([O-])[O-].[Pr+3].[Pr+3]. The Morgan fingerprint density at radius 1 is 0.364 bits per heavy atom. The van der Waals surface area contributed by atoms with Gasteiger partial charge in [-0.05, 0) is 18.5 Å². The van der Waals surface area contributed by atoms with E-state index in [0.717, 1.165) is 0 Å². The number of carbonyl (C=O) groups is 3. The zero-order chi connectivity index (χ0) is 10.7. The molecule has 0 radical (unpaired) electrons. The van der Waals surface area contributed by atoms with Crippen molar-refractivity contribution in [2.24, 2.45) is 0 Å². The maximum atomic E-state index is 8.33. The zero-order valence-electron chi connectivity index (χ0n) is 10.3. The fourth-order valence-electron chi connectivity index (χ4n) is 0. The summed E-state index contributed by atoms with van der Waals surface area (Å²) in [6, 6.07) is 0. The molecule has 17 nitrogen and oxygen atoms in total. The van der Waals surface area contributed by atoms with Crippen molar-refractivity contribution in [2.45, 2.75) is 0 Å². The van der Waals surface area contributed by atoms with E-state index >= 15 is 0 Å². The molecule has 19 heteroatoms. The molecule has 0 bridgehead atoms. The van der Waals surface area contributed by atoms with Crippen molar-refractivity contribution in [3.05, 3.63) is 0 Å². The van der Waals surface area contributed by atoms with Gasteiger partial charge in [0.15, 0.2) is 0 Å². The van der Waals surface area contributed by atoms with Crippen LogP contribution in [0.5, 0.6) is 0 Å². The third kappa shape index (κ3) is 158000. The first-order chi connectivity index (χ1) is 5.20. The molecule has 0 heterocycles. The number of hydrogen-bond donors (Lipinski definition) is 0. The number of carboxylic acid groups (broad SMARTS) is 6. The van der Waals surface area contributed by atoms with Crippen LogP contribution in [0.2, 0.25) is 0 Å². The van der Waals surface area contributed by atoms with Gasteiger partial charge in [0.05, 0.1) is 0 Å². The molecule has 0 aliphatic rings. The maximum absolute atomic E-state index is 8.33. The van der Waals surface area contributed by atoms with Crippen LogP contribution >= 0.6 is 0 Å². The normalized spacial score (nSPS) is 3.27.